The van der Waals surface area contributed by atoms with Crippen molar-refractivity contribution in [1.29, 1.82) is 0 Å². The lowest BCUT2D eigenvalue weighted by atomic mass is 10.0. The Morgan fingerprint density at radius 3 is 2.35 bits per heavy atom. The third-order valence-corrected chi connectivity index (χ3v) is 3.85. The maximum Gasteiger partial charge on any atom is 0.255 e. The summed E-state index contributed by atoms with van der Waals surface area (Å²) in [5, 5.41) is 3.07. The molecular formula is C19H23NO3. The Hall–Kier alpha value is -2.49. The van der Waals surface area contributed by atoms with Gasteiger partial charge in [0.1, 0.15) is 11.5 Å². The van der Waals surface area contributed by atoms with E-state index >= 15 is 0 Å². The number of carbonyl (C=O) groups excluding carboxylic acids is 1. The first-order valence-corrected chi connectivity index (χ1v) is 7.68. The van der Waals surface area contributed by atoms with Crippen LogP contribution in [0.1, 0.15) is 40.9 Å². The van der Waals surface area contributed by atoms with Crippen molar-refractivity contribution in [3.8, 4) is 11.5 Å². The van der Waals surface area contributed by atoms with Crippen LogP contribution in [0.2, 0.25) is 0 Å². The Morgan fingerprint density at radius 1 is 1.09 bits per heavy atom. The molecule has 2 rings (SSSR count). The first kappa shape index (κ1) is 16.9. The van der Waals surface area contributed by atoms with Crippen LogP contribution in [0.3, 0.4) is 0 Å². The van der Waals surface area contributed by atoms with Crippen LogP contribution in [-0.4, -0.2) is 20.1 Å². The van der Waals surface area contributed by atoms with Gasteiger partial charge < -0.3 is 14.8 Å². The zero-order valence-electron chi connectivity index (χ0n) is 14.1. The maximum atomic E-state index is 12.6. The van der Waals surface area contributed by atoms with E-state index in [0.717, 1.165) is 12.0 Å². The number of nitrogens with one attached hydrogen (secondary N) is 1. The molecule has 0 radical (unpaired) electrons. The average molecular weight is 313 g/mol. The van der Waals surface area contributed by atoms with Crippen LogP contribution in [0.25, 0.3) is 0 Å². The van der Waals surface area contributed by atoms with Gasteiger partial charge in [-0.15, -0.1) is 0 Å². The van der Waals surface area contributed by atoms with Crippen molar-refractivity contribution >= 4 is 5.91 Å². The minimum absolute atomic E-state index is 0.0325. The molecule has 0 aliphatic rings. The molecule has 1 amide bonds. The van der Waals surface area contributed by atoms with Crippen molar-refractivity contribution in [2.45, 2.75) is 26.3 Å². The molecular weight excluding hydrogens is 290 g/mol. The van der Waals surface area contributed by atoms with Gasteiger partial charge in [-0.3, -0.25) is 4.79 Å². The Labute approximate surface area is 137 Å². The Kier molecular flexibility index (Phi) is 5.63. The molecule has 4 nitrogen and oxygen atoms in total. The van der Waals surface area contributed by atoms with Gasteiger partial charge in [-0.1, -0.05) is 36.8 Å². The standard InChI is InChI=1S/C19H23NO3/c1-5-17(14-8-6-13(2)7-9-14)20-19(21)16-11-10-15(22-3)12-18(16)23-4/h6-12,17H,5H2,1-4H3,(H,20,21)/t17-/m1/s1. The summed E-state index contributed by atoms with van der Waals surface area (Å²) >= 11 is 0. The zero-order valence-corrected chi connectivity index (χ0v) is 14.1. The molecule has 0 spiro atoms. The molecule has 0 aromatic heterocycles. The first-order chi connectivity index (χ1) is 11.1. The fraction of sp³-hybridized carbons (Fsp3) is 0.316. The smallest absolute Gasteiger partial charge is 0.255 e. The normalized spacial score (nSPS) is 11.7. The van der Waals surface area contributed by atoms with E-state index in [0.29, 0.717) is 17.1 Å². The van der Waals surface area contributed by atoms with E-state index in [-0.39, 0.29) is 11.9 Å². The van der Waals surface area contributed by atoms with Crippen molar-refractivity contribution in [1.82, 2.24) is 5.32 Å². The number of benzene rings is 2. The van der Waals surface area contributed by atoms with E-state index < -0.39 is 0 Å². The van der Waals surface area contributed by atoms with E-state index in [2.05, 4.69) is 36.5 Å². The second kappa shape index (κ2) is 7.68. The molecule has 122 valence electrons. The van der Waals surface area contributed by atoms with Gasteiger partial charge in [-0.2, -0.15) is 0 Å². The van der Waals surface area contributed by atoms with E-state index in [1.54, 1.807) is 32.4 Å². The monoisotopic (exact) mass is 313 g/mol. The molecule has 0 aliphatic carbocycles. The van der Waals surface area contributed by atoms with Crippen molar-refractivity contribution in [2.75, 3.05) is 14.2 Å². The maximum absolute atomic E-state index is 12.6. The van der Waals surface area contributed by atoms with Crippen LogP contribution < -0.4 is 14.8 Å². The van der Waals surface area contributed by atoms with Gasteiger partial charge in [0.05, 0.1) is 25.8 Å². The van der Waals surface area contributed by atoms with Gasteiger partial charge in [-0.05, 0) is 31.0 Å². The summed E-state index contributed by atoms with van der Waals surface area (Å²) in [7, 11) is 3.13. The third kappa shape index (κ3) is 4.03. The molecule has 1 N–H and O–H groups in total. The number of hydrogen-bond acceptors (Lipinski definition) is 3. The van der Waals surface area contributed by atoms with Gasteiger partial charge >= 0.3 is 0 Å². The number of amides is 1. The fourth-order valence-electron chi connectivity index (χ4n) is 2.44. The lowest BCUT2D eigenvalue weighted by Crippen LogP contribution is -2.28. The number of methoxy groups -OCH3 is 2. The summed E-state index contributed by atoms with van der Waals surface area (Å²) in [5.41, 5.74) is 2.80. The molecule has 0 aliphatic heterocycles. The second-order valence-electron chi connectivity index (χ2n) is 5.41. The predicted octanol–water partition coefficient (Wildman–Crippen LogP) is 3.89. The Balaban J connectivity index is 2.21. The number of ether oxygens (including phenoxy) is 2. The molecule has 0 fully saturated rings. The molecule has 4 heteroatoms. The molecule has 0 saturated heterocycles. The molecule has 23 heavy (non-hydrogen) atoms. The van der Waals surface area contributed by atoms with Crippen LogP contribution in [0.5, 0.6) is 11.5 Å². The summed E-state index contributed by atoms with van der Waals surface area (Å²) in [5.74, 6) is 1.00. The summed E-state index contributed by atoms with van der Waals surface area (Å²) in [6, 6.07) is 13.4. The number of aryl methyl sites for hydroxylation is 1. The Bertz CT molecular complexity index is 665. The molecule has 0 heterocycles. The summed E-state index contributed by atoms with van der Waals surface area (Å²) in [6.07, 6.45) is 0.813. The summed E-state index contributed by atoms with van der Waals surface area (Å²) in [6.45, 7) is 4.10. The Morgan fingerprint density at radius 2 is 1.78 bits per heavy atom. The quantitative estimate of drug-likeness (QED) is 0.880. The van der Waals surface area contributed by atoms with Gasteiger partial charge in [0, 0.05) is 6.07 Å². The highest BCUT2D eigenvalue weighted by atomic mass is 16.5. The van der Waals surface area contributed by atoms with Crippen LogP contribution in [-0.2, 0) is 0 Å². The van der Waals surface area contributed by atoms with Crippen molar-refractivity contribution < 1.29 is 14.3 Å². The van der Waals surface area contributed by atoms with Crippen molar-refractivity contribution in [3.63, 3.8) is 0 Å². The molecule has 1 atom stereocenters. The summed E-state index contributed by atoms with van der Waals surface area (Å²) < 4.78 is 10.5. The highest BCUT2D eigenvalue weighted by molar-refractivity contribution is 5.97. The number of carbonyl (C=O) groups is 1. The molecule has 0 unspecified atom stereocenters. The highest BCUT2D eigenvalue weighted by Gasteiger charge is 2.17. The molecule has 2 aromatic carbocycles. The lowest BCUT2D eigenvalue weighted by molar-refractivity contribution is 0.0932. The minimum Gasteiger partial charge on any atom is -0.497 e. The number of rotatable bonds is 6. The topological polar surface area (TPSA) is 47.6 Å². The fourth-order valence-corrected chi connectivity index (χ4v) is 2.44. The van der Waals surface area contributed by atoms with Gasteiger partial charge in [0.25, 0.3) is 5.91 Å². The first-order valence-electron chi connectivity index (χ1n) is 7.68. The third-order valence-electron chi connectivity index (χ3n) is 3.85. The molecule has 2 aromatic rings. The van der Waals surface area contributed by atoms with Crippen LogP contribution in [0, 0.1) is 6.92 Å². The summed E-state index contributed by atoms with van der Waals surface area (Å²) in [4.78, 5) is 12.6. The van der Waals surface area contributed by atoms with Crippen molar-refractivity contribution in [3.05, 3.63) is 59.2 Å². The molecule has 0 saturated carbocycles. The van der Waals surface area contributed by atoms with E-state index in [1.165, 1.54) is 5.56 Å². The minimum atomic E-state index is -0.156. The van der Waals surface area contributed by atoms with E-state index in [9.17, 15) is 4.79 Å². The van der Waals surface area contributed by atoms with Gasteiger partial charge in [0.15, 0.2) is 0 Å². The van der Waals surface area contributed by atoms with Crippen molar-refractivity contribution in [2.24, 2.45) is 0 Å². The SMILES string of the molecule is CC[C@@H](NC(=O)c1ccc(OC)cc1OC)c1ccc(C)cc1. The predicted molar refractivity (Wildman–Crippen MR) is 91.2 cm³/mol. The van der Waals surface area contributed by atoms with Gasteiger partial charge in [-0.25, -0.2) is 0 Å². The van der Waals surface area contributed by atoms with E-state index in [4.69, 9.17) is 9.47 Å². The molecule has 0 bridgehead atoms. The van der Waals surface area contributed by atoms with Crippen LogP contribution in [0.4, 0.5) is 0 Å². The largest absolute Gasteiger partial charge is 0.497 e. The number of hydrogen-bond donors (Lipinski definition) is 1. The lowest BCUT2D eigenvalue weighted by Gasteiger charge is -2.19. The highest BCUT2D eigenvalue weighted by Crippen LogP contribution is 2.26. The van der Waals surface area contributed by atoms with Gasteiger partial charge in [0.2, 0.25) is 0 Å². The zero-order chi connectivity index (χ0) is 16.8. The second-order valence-corrected chi connectivity index (χ2v) is 5.41. The average Bonchev–Trinajstić information content (AvgIpc) is 2.59. The van der Waals surface area contributed by atoms with E-state index in [1.807, 2.05) is 6.92 Å². The van der Waals surface area contributed by atoms with Crippen LogP contribution >= 0.6 is 0 Å². The van der Waals surface area contributed by atoms with Crippen LogP contribution in [0.15, 0.2) is 42.5 Å².